The zero-order valence-electron chi connectivity index (χ0n) is 22.7. The smallest absolute Gasteiger partial charge is 0.328 e. The lowest BCUT2D eigenvalue weighted by Gasteiger charge is -2.34. The Morgan fingerprint density at radius 2 is 1.93 bits per heavy atom. The summed E-state index contributed by atoms with van der Waals surface area (Å²) in [6, 6.07) is 13.9. The van der Waals surface area contributed by atoms with Crippen LogP contribution in [-0.4, -0.2) is 50.2 Å². The second-order valence-electron chi connectivity index (χ2n) is 10.4. The van der Waals surface area contributed by atoms with E-state index in [0.717, 1.165) is 66.3 Å². The minimum absolute atomic E-state index is 0.170. The first-order chi connectivity index (χ1) is 19.9. The first-order valence-electron chi connectivity index (χ1n) is 13.7. The number of hydrogen-bond donors (Lipinski definition) is 1. The third-order valence-corrected chi connectivity index (χ3v) is 8.06. The van der Waals surface area contributed by atoms with Crippen LogP contribution in [0, 0.1) is 6.92 Å². The number of aliphatic carboxylic acids is 1. The number of benzene rings is 2. The number of rotatable bonds is 8. The Morgan fingerprint density at radius 1 is 1.12 bits per heavy atom. The Hall–Kier alpha value is -4.08. The van der Waals surface area contributed by atoms with Gasteiger partial charge in [0.1, 0.15) is 18.2 Å². The van der Waals surface area contributed by atoms with Gasteiger partial charge >= 0.3 is 5.97 Å². The Labute approximate surface area is 243 Å². The van der Waals surface area contributed by atoms with Crippen molar-refractivity contribution in [2.24, 2.45) is 0 Å². The number of aryl methyl sites for hydroxylation is 1. The Morgan fingerprint density at radius 3 is 2.66 bits per heavy atom. The van der Waals surface area contributed by atoms with Crippen molar-refractivity contribution in [1.29, 1.82) is 0 Å². The summed E-state index contributed by atoms with van der Waals surface area (Å²) < 4.78 is 20.2. The minimum atomic E-state index is -1.00. The molecular formula is C31H31ClN4O5. The fourth-order valence-electron chi connectivity index (χ4n) is 5.54. The van der Waals surface area contributed by atoms with Crippen molar-refractivity contribution < 1.29 is 23.8 Å². The predicted octanol–water partition coefficient (Wildman–Crippen LogP) is 5.87. The number of piperidine rings is 1. The summed E-state index contributed by atoms with van der Waals surface area (Å²) in [6.07, 6.45) is 7.61. The van der Waals surface area contributed by atoms with Gasteiger partial charge in [-0.1, -0.05) is 35.9 Å². The molecule has 1 N–H and O–H groups in total. The zero-order chi connectivity index (χ0) is 28.3. The molecular weight excluding hydrogens is 544 g/mol. The number of imidazole rings is 1. The highest BCUT2D eigenvalue weighted by molar-refractivity contribution is 6.30. The number of hydrogen-bond acceptors (Lipinski definition) is 7. The van der Waals surface area contributed by atoms with Crippen LogP contribution in [0.1, 0.15) is 59.0 Å². The van der Waals surface area contributed by atoms with E-state index in [9.17, 15) is 4.79 Å². The second kappa shape index (κ2) is 11.8. The van der Waals surface area contributed by atoms with E-state index in [0.29, 0.717) is 36.3 Å². The normalized spacial score (nSPS) is 17.8. The monoisotopic (exact) mass is 574 g/mol. The number of carboxylic acids is 1. The first kappa shape index (κ1) is 27.1. The number of oxazole rings is 1. The molecule has 1 atom stereocenters. The molecule has 0 radical (unpaired) electrons. The molecule has 2 aromatic carbocycles. The maximum Gasteiger partial charge on any atom is 0.328 e. The van der Waals surface area contributed by atoms with Gasteiger partial charge in [0.15, 0.2) is 24.0 Å². The topological polar surface area (TPSA) is 103 Å². The number of halogens is 1. The zero-order valence-corrected chi connectivity index (χ0v) is 23.5. The number of nitrogens with zero attached hydrogens (tertiary/aromatic N) is 4. The van der Waals surface area contributed by atoms with E-state index < -0.39 is 5.97 Å². The Kier molecular flexibility index (Phi) is 7.80. The van der Waals surface area contributed by atoms with Crippen LogP contribution in [0.25, 0.3) is 6.08 Å². The average molecular weight is 575 g/mol. The highest BCUT2D eigenvalue weighted by Gasteiger charge is 2.30. The predicted molar refractivity (Wildman–Crippen MR) is 153 cm³/mol. The van der Waals surface area contributed by atoms with Gasteiger partial charge in [-0.3, -0.25) is 4.90 Å². The molecule has 2 aliphatic rings. The molecule has 1 fully saturated rings. The molecule has 212 valence electrons. The highest BCUT2D eigenvalue weighted by Crippen LogP contribution is 2.44. The van der Waals surface area contributed by atoms with E-state index in [2.05, 4.69) is 20.9 Å². The molecule has 10 heteroatoms. The Balaban J connectivity index is 1.13. The van der Waals surface area contributed by atoms with E-state index in [1.807, 2.05) is 47.9 Å². The van der Waals surface area contributed by atoms with Gasteiger partial charge < -0.3 is 23.6 Å². The molecule has 9 nitrogen and oxygen atoms in total. The number of carbonyl (C=O) groups is 1. The summed E-state index contributed by atoms with van der Waals surface area (Å²) in [5.74, 6) is 2.57. The first-order valence-corrected chi connectivity index (χ1v) is 14.1. The van der Waals surface area contributed by atoms with E-state index in [4.69, 9.17) is 30.6 Å². The number of likely N-dealkylation sites (tertiary alicyclic amines) is 1. The largest absolute Gasteiger partial charge is 0.485 e. The molecule has 41 heavy (non-hydrogen) atoms. The van der Waals surface area contributed by atoms with Crippen molar-refractivity contribution in [3.05, 3.63) is 100 Å². The second-order valence-corrected chi connectivity index (χ2v) is 10.8. The summed E-state index contributed by atoms with van der Waals surface area (Å²) >= 11 is 6.05. The van der Waals surface area contributed by atoms with Crippen LogP contribution in [0.5, 0.6) is 11.5 Å². The molecule has 0 amide bonds. The van der Waals surface area contributed by atoms with Crippen molar-refractivity contribution in [2.75, 3.05) is 19.7 Å². The third-order valence-electron chi connectivity index (χ3n) is 7.80. The molecule has 4 heterocycles. The van der Waals surface area contributed by atoms with Crippen LogP contribution >= 0.6 is 11.6 Å². The molecule has 4 aromatic rings. The number of aromatic nitrogens is 3. The number of ether oxygens (including phenoxy) is 2. The molecule has 0 aliphatic carbocycles. The third kappa shape index (κ3) is 6.01. The standard InChI is InChI=1S/C31H31ClN4O5/c1-20-27(40-19-34-20)16-36-24(9-10-30(37)38)15-33-29(36)17-35-13-11-21(12-14-35)25-3-2-4-26-31(25)39-18-28(41-26)22-5-7-23(32)8-6-22/h2-10,15,19,21,28H,11-14,16-18H2,1H3,(H,37,38)/b10-9+/t28-/m0/s1. The molecule has 2 aliphatic heterocycles. The SMILES string of the molecule is Cc1ncoc1Cn1c(/C=C/C(=O)O)cnc1CN1CCC(c2cccc3c2OC[C@@H](c2ccc(Cl)cc2)O3)CC1. The molecule has 0 bridgehead atoms. The van der Waals surface area contributed by atoms with Crippen LogP contribution in [0.3, 0.4) is 0 Å². The van der Waals surface area contributed by atoms with Gasteiger partial charge in [0.2, 0.25) is 0 Å². The molecule has 0 unspecified atom stereocenters. The lowest BCUT2D eigenvalue weighted by Crippen LogP contribution is -2.34. The van der Waals surface area contributed by atoms with Crippen molar-refractivity contribution in [3.8, 4) is 11.5 Å². The molecule has 0 saturated carbocycles. The van der Waals surface area contributed by atoms with Gasteiger partial charge in [-0.25, -0.2) is 14.8 Å². The van der Waals surface area contributed by atoms with Crippen LogP contribution in [0.2, 0.25) is 5.02 Å². The summed E-state index contributed by atoms with van der Waals surface area (Å²) in [5.41, 5.74) is 3.74. The van der Waals surface area contributed by atoms with Gasteiger partial charge in [-0.15, -0.1) is 0 Å². The van der Waals surface area contributed by atoms with Crippen molar-refractivity contribution in [2.45, 2.75) is 44.9 Å². The fourth-order valence-corrected chi connectivity index (χ4v) is 5.67. The molecule has 2 aromatic heterocycles. The van der Waals surface area contributed by atoms with Gasteiger partial charge in [-0.2, -0.15) is 0 Å². The van der Waals surface area contributed by atoms with Crippen molar-refractivity contribution in [3.63, 3.8) is 0 Å². The quantitative estimate of drug-likeness (QED) is 0.261. The van der Waals surface area contributed by atoms with Gasteiger partial charge in [0.25, 0.3) is 0 Å². The molecule has 1 saturated heterocycles. The van der Waals surface area contributed by atoms with Gasteiger partial charge in [0.05, 0.1) is 30.7 Å². The number of carboxylic acid groups (broad SMARTS) is 1. The molecule has 0 spiro atoms. The number of fused-ring (bicyclic) bond motifs is 1. The van der Waals surface area contributed by atoms with Crippen LogP contribution < -0.4 is 9.47 Å². The van der Waals surface area contributed by atoms with Crippen LogP contribution in [0.4, 0.5) is 0 Å². The Bertz CT molecular complexity index is 1550. The highest BCUT2D eigenvalue weighted by atomic mass is 35.5. The van der Waals surface area contributed by atoms with Crippen LogP contribution in [0.15, 0.2) is 65.5 Å². The summed E-state index contributed by atoms with van der Waals surface area (Å²) in [5, 5.41) is 9.82. The maximum atomic E-state index is 11.1. The lowest BCUT2D eigenvalue weighted by atomic mass is 9.88. The summed E-state index contributed by atoms with van der Waals surface area (Å²) in [4.78, 5) is 22.4. The van der Waals surface area contributed by atoms with E-state index >= 15 is 0 Å². The minimum Gasteiger partial charge on any atom is -0.485 e. The maximum absolute atomic E-state index is 11.1. The van der Waals surface area contributed by atoms with Crippen LogP contribution in [-0.2, 0) is 17.9 Å². The summed E-state index contributed by atoms with van der Waals surface area (Å²) in [6.45, 7) is 5.23. The van der Waals surface area contributed by atoms with Crippen molar-refractivity contribution >= 4 is 23.6 Å². The average Bonchev–Trinajstić information content (AvgIpc) is 3.57. The van der Waals surface area contributed by atoms with Gasteiger partial charge in [-0.05, 0) is 68.6 Å². The fraction of sp³-hybridized carbons (Fsp3) is 0.323. The lowest BCUT2D eigenvalue weighted by molar-refractivity contribution is -0.131. The summed E-state index contributed by atoms with van der Waals surface area (Å²) in [7, 11) is 0. The van der Waals surface area contributed by atoms with Gasteiger partial charge in [0, 0.05) is 16.7 Å². The molecule has 6 rings (SSSR count). The van der Waals surface area contributed by atoms with Crippen molar-refractivity contribution in [1.82, 2.24) is 19.4 Å². The van der Waals surface area contributed by atoms with E-state index in [1.54, 1.807) is 12.3 Å². The van der Waals surface area contributed by atoms with E-state index in [-0.39, 0.29) is 6.10 Å². The van der Waals surface area contributed by atoms with E-state index in [1.165, 1.54) is 12.0 Å². The number of para-hydroxylation sites is 1.